The number of rotatable bonds is 5. The number of sulfonamides is 1. The van der Waals surface area contributed by atoms with E-state index in [0.717, 1.165) is 24.8 Å². The first-order valence-corrected chi connectivity index (χ1v) is 9.22. The van der Waals surface area contributed by atoms with Gasteiger partial charge in [-0.1, -0.05) is 31.0 Å². The first-order valence-electron chi connectivity index (χ1n) is 7.40. The maximum Gasteiger partial charge on any atom is 0.244 e. The minimum atomic E-state index is -3.56. The van der Waals surface area contributed by atoms with Crippen molar-refractivity contribution in [3.8, 4) is 0 Å². The molecule has 1 aromatic carbocycles. The molecule has 0 spiro atoms. The molecule has 1 aliphatic rings. The average molecular weight is 367 g/mol. The smallest absolute Gasteiger partial charge is 0.244 e. The van der Waals surface area contributed by atoms with E-state index in [9.17, 15) is 8.42 Å². The third kappa shape index (κ3) is 3.95. The van der Waals surface area contributed by atoms with Crippen molar-refractivity contribution in [3.05, 3.63) is 28.8 Å². The largest absolute Gasteiger partial charge is 0.330 e. The zero-order chi connectivity index (χ0) is 15.6. The van der Waals surface area contributed by atoms with E-state index in [2.05, 4.69) is 6.92 Å². The van der Waals surface area contributed by atoms with E-state index in [-0.39, 0.29) is 29.3 Å². The van der Waals surface area contributed by atoms with Gasteiger partial charge in [0.2, 0.25) is 10.0 Å². The molecule has 2 N–H and O–H groups in total. The Morgan fingerprint density at radius 1 is 1.41 bits per heavy atom. The summed E-state index contributed by atoms with van der Waals surface area (Å²) in [6, 6.07) is 5.25. The van der Waals surface area contributed by atoms with Crippen LogP contribution in [0.3, 0.4) is 0 Å². The molecule has 7 heteroatoms. The van der Waals surface area contributed by atoms with Gasteiger partial charge in [-0.2, -0.15) is 4.31 Å². The number of hydrogen-bond acceptors (Lipinski definition) is 3. The number of aryl methyl sites for hydroxylation is 1. The SMILES string of the molecule is CCCc1ccc(Cl)c(S(=O)(=O)N2CC(CN)CC2C)c1.Cl. The molecule has 0 radical (unpaired) electrons. The fraction of sp³-hybridized carbons (Fsp3) is 0.600. The van der Waals surface area contributed by atoms with E-state index < -0.39 is 10.0 Å². The van der Waals surface area contributed by atoms with Crippen molar-refractivity contribution < 1.29 is 8.42 Å². The molecule has 22 heavy (non-hydrogen) atoms. The van der Waals surface area contributed by atoms with Gasteiger partial charge in [-0.05, 0) is 49.9 Å². The molecule has 2 atom stereocenters. The summed E-state index contributed by atoms with van der Waals surface area (Å²) in [5.41, 5.74) is 6.69. The van der Waals surface area contributed by atoms with Crippen molar-refractivity contribution in [3.63, 3.8) is 0 Å². The van der Waals surface area contributed by atoms with Crippen LogP contribution in [0, 0.1) is 5.92 Å². The number of nitrogens with zero attached hydrogens (tertiary/aromatic N) is 1. The summed E-state index contributed by atoms with van der Waals surface area (Å²) in [6.07, 6.45) is 2.62. The molecule has 0 bridgehead atoms. The average Bonchev–Trinajstić information content (AvgIpc) is 2.83. The number of benzene rings is 1. The zero-order valence-corrected chi connectivity index (χ0v) is 15.3. The van der Waals surface area contributed by atoms with Gasteiger partial charge in [-0.15, -0.1) is 12.4 Å². The summed E-state index contributed by atoms with van der Waals surface area (Å²) in [6.45, 7) is 4.99. The van der Waals surface area contributed by atoms with Gasteiger partial charge in [0.1, 0.15) is 4.90 Å². The Balaban J connectivity index is 0.00000242. The second-order valence-corrected chi connectivity index (χ2v) is 8.04. The number of nitrogens with two attached hydrogens (primary N) is 1. The standard InChI is InChI=1S/C15H23ClN2O2S.ClH/c1-3-4-12-5-6-14(16)15(8-12)21(19,20)18-10-13(9-17)7-11(18)2;/h5-6,8,11,13H,3-4,7,9-10,17H2,1-2H3;1H. The van der Waals surface area contributed by atoms with Crippen molar-refractivity contribution in [2.75, 3.05) is 13.1 Å². The third-order valence-electron chi connectivity index (χ3n) is 4.06. The van der Waals surface area contributed by atoms with Crippen molar-refractivity contribution in [2.24, 2.45) is 11.7 Å². The topological polar surface area (TPSA) is 63.4 Å². The Bertz CT molecular complexity index is 608. The Kier molecular flexibility index (Phi) is 7.15. The van der Waals surface area contributed by atoms with Crippen LogP contribution in [-0.4, -0.2) is 31.9 Å². The third-order valence-corrected chi connectivity index (χ3v) is 6.52. The van der Waals surface area contributed by atoms with Crippen LogP contribution in [0.4, 0.5) is 0 Å². The molecule has 2 rings (SSSR count). The minimum Gasteiger partial charge on any atom is -0.330 e. The predicted octanol–water partition coefficient (Wildman–Crippen LogP) is 3.07. The molecule has 1 fully saturated rings. The van der Waals surface area contributed by atoms with Crippen LogP contribution in [0.1, 0.15) is 32.3 Å². The first kappa shape index (κ1) is 19.7. The second kappa shape index (κ2) is 7.97. The number of halogens is 2. The molecule has 1 aliphatic heterocycles. The van der Waals surface area contributed by atoms with E-state index in [1.165, 1.54) is 0 Å². The molecule has 0 amide bonds. The summed E-state index contributed by atoms with van der Waals surface area (Å²) in [7, 11) is -3.56. The van der Waals surface area contributed by atoms with E-state index in [0.29, 0.717) is 18.1 Å². The van der Waals surface area contributed by atoms with Crippen LogP contribution in [0.15, 0.2) is 23.1 Å². The number of hydrogen-bond donors (Lipinski definition) is 1. The van der Waals surface area contributed by atoms with Crippen molar-refractivity contribution >= 4 is 34.0 Å². The van der Waals surface area contributed by atoms with Gasteiger partial charge in [-0.3, -0.25) is 0 Å². The van der Waals surface area contributed by atoms with Gasteiger partial charge in [-0.25, -0.2) is 8.42 Å². The molecule has 1 saturated heterocycles. The second-order valence-electron chi connectivity index (χ2n) is 5.78. The normalized spacial score (nSPS) is 22.5. The summed E-state index contributed by atoms with van der Waals surface area (Å²) < 4.78 is 27.3. The highest BCUT2D eigenvalue weighted by Gasteiger charge is 2.38. The summed E-state index contributed by atoms with van der Waals surface area (Å²) in [4.78, 5) is 0.222. The van der Waals surface area contributed by atoms with Gasteiger partial charge in [0.15, 0.2) is 0 Å². The molecule has 2 unspecified atom stereocenters. The monoisotopic (exact) mass is 366 g/mol. The van der Waals surface area contributed by atoms with Gasteiger partial charge in [0.25, 0.3) is 0 Å². The summed E-state index contributed by atoms with van der Waals surface area (Å²) >= 11 is 6.15. The molecule has 4 nitrogen and oxygen atoms in total. The van der Waals surface area contributed by atoms with Crippen LogP contribution in [0.25, 0.3) is 0 Å². The highest BCUT2D eigenvalue weighted by molar-refractivity contribution is 7.89. The lowest BCUT2D eigenvalue weighted by molar-refractivity contribution is 0.404. The van der Waals surface area contributed by atoms with Gasteiger partial charge in [0, 0.05) is 12.6 Å². The van der Waals surface area contributed by atoms with Crippen LogP contribution in [-0.2, 0) is 16.4 Å². The Morgan fingerprint density at radius 3 is 2.64 bits per heavy atom. The van der Waals surface area contributed by atoms with Crippen molar-refractivity contribution in [2.45, 2.75) is 44.0 Å². The molecule has 1 aromatic rings. The van der Waals surface area contributed by atoms with Crippen LogP contribution in [0.5, 0.6) is 0 Å². The van der Waals surface area contributed by atoms with Crippen molar-refractivity contribution in [1.82, 2.24) is 4.31 Å². The fourth-order valence-corrected chi connectivity index (χ4v) is 5.18. The van der Waals surface area contributed by atoms with Gasteiger partial charge in [0.05, 0.1) is 5.02 Å². The molecule has 0 aliphatic carbocycles. The fourth-order valence-electron chi connectivity index (χ4n) is 2.93. The van der Waals surface area contributed by atoms with Crippen molar-refractivity contribution in [1.29, 1.82) is 0 Å². The molecule has 0 aromatic heterocycles. The highest BCUT2D eigenvalue weighted by atomic mass is 35.5. The Labute approximate surface area is 144 Å². The highest BCUT2D eigenvalue weighted by Crippen LogP contribution is 2.32. The van der Waals surface area contributed by atoms with E-state index in [4.69, 9.17) is 17.3 Å². The Morgan fingerprint density at radius 2 is 2.09 bits per heavy atom. The summed E-state index contributed by atoms with van der Waals surface area (Å²) in [5.74, 6) is 0.229. The minimum absolute atomic E-state index is 0. The maximum absolute atomic E-state index is 12.9. The van der Waals surface area contributed by atoms with Crippen LogP contribution >= 0.6 is 24.0 Å². The van der Waals surface area contributed by atoms with Crippen LogP contribution in [0.2, 0.25) is 5.02 Å². The lowest BCUT2D eigenvalue weighted by Gasteiger charge is -2.22. The van der Waals surface area contributed by atoms with Gasteiger partial charge >= 0.3 is 0 Å². The quantitative estimate of drug-likeness (QED) is 0.870. The summed E-state index contributed by atoms with van der Waals surface area (Å²) in [5, 5.41) is 0.290. The van der Waals surface area contributed by atoms with E-state index in [1.54, 1.807) is 16.4 Å². The molecule has 126 valence electrons. The van der Waals surface area contributed by atoms with E-state index in [1.807, 2.05) is 13.0 Å². The Hall–Kier alpha value is -0.330. The molecule has 1 heterocycles. The molecular formula is C15H24Cl2N2O2S. The lowest BCUT2D eigenvalue weighted by atomic mass is 10.1. The first-order chi connectivity index (χ1) is 9.90. The predicted molar refractivity (Wildman–Crippen MR) is 93.2 cm³/mol. The molecular weight excluding hydrogens is 343 g/mol. The zero-order valence-electron chi connectivity index (χ0n) is 13.0. The van der Waals surface area contributed by atoms with E-state index >= 15 is 0 Å². The molecule has 0 saturated carbocycles. The lowest BCUT2D eigenvalue weighted by Crippen LogP contribution is -2.34. The maximum atomic E-state index is 12.9. The van der Waals surface area contributed by atoms with Gasteiger partial charge < -0.3 is 5.73 Å². The van der Waals surface area contributed by atoms with Crippen LogP contribution < -0.4 is 5.73 Å².